The number of hydrogen-bond donors (Lipinski definition) is 2. The third-order valence-corrected chi connectivity index (χ3v) is 4.37. The van der Waals surface area contributed by atoms with Crippen LogP contribution in [0.15, 0.2) is 53.4 Å². The van der Waals surface area contributed by atoms with Crippen LogP contribution in [0.4, 0.5) is 8.78 Å². The molecule has 0 amide bonds. The number of aliphatic hydroxyl groups is 1. The standard InChI is InChI=1S/C15H15F2NO3S/c16-12-7-13(17)9-15(8-12)22(20,21)18-10-14(19)6-11-4-2-1-3-5-11/h1-5,7-9,14,18-19H,6,10H2. The Hall–Kier alpha value is -1.83. The Balaban J connectivity index is 2.00. The van der Waals surface area contributed by atoms with Gasteiger partial charge in [-0.05, 0) is 24.1 Å². The van der Waals surface area contributed by atoms with Gasteiger partial charge in [-0.1, -0.05) is 30.3 Å². The van der Waals surface area contributed by atoms with Crippen molar-refractivity contribution >= 4 is 10.0 Å². The van der Waals surface area contributed by atoms with Crippen LogP contribution in [0.2, 0.25) is 0 Å². The van der Waals surface area contributed by atoms with Crippen molar-refractivity contribution < 1.29 is 22.3 Å². The Labute approximate surface area is 127 Å². The van der Waals surface area contributed by atoms with E-state index in [0.29, 0.717) is 6.07 Å². The van der Waals surface area contributed by atoms with Crippen LogP contribution in [0, 0.1) is 11.6 Å². The van der Waals surface area contributed by atoms with Gasteiger partial charge in [-0.15, -0.1) is 0 Å². The highest BCUT2D eigenvalue weighted by Gasteiger charge is 2.18. The maximum Gasteiger partial charge on any atom is 0.240 e. The van der Waals surface area contributed by atoms with E-state index in [1.807, 2.05) is 18.2 Å². The lowest BCUT2D eigenvalue weighted by Crippen LogP contribution is -2.33. The summed E-state index contributed by atoms with van der Waals surface area (Å²) >= 11 is 0. The molecule has 4 nitrogen and oxygen atoms in total. The fourth-order valence-electron chi connectivity index (χ4n) is 1.93. The molecular formula is C15H15F2NO3S. The minimum absolute atomic E-state index is 0.255. The second-order valence-corrected chi connectivity index (χ2v) is 6.57. The van der Waals surface area contributed by atoms with Crippen molar-refractivity contribution in [3.05, 3.63) is 65.7 Å². The molecule has 0 saturated carbocycles. The molecule has 7 heteroatoms. The molecule has 22 heavy (non-hydrogen) atoms. The maximum atomic E-state index is 13.1. The van der Waals surface area contributed by atoms with E-state index in [1.54, 1.807) is 12.1 Å². The molecule has 0 fully saturated rings. The molecule has 0 saturated heterocycles. The summed E-state index contributed by atoms with van der Waals surface area (Å²) in [5, 5.41) is 9.85. The first-order valence-corrected chi connectivity index (χ1v) is 8.03. The largest absolute Gasteiger partial charge is 0.391 e. The number of halogens is 2. The highest BCUT2D eigenvalue weighted by atomic mass is 32.2. The summed E-state index contributed by atoms with van der Waals surface area (Å²) in [6.45, 7) is -0.255. The van der Waals surface area contributed by atoms with E-state index >= 15 is 0 Å². The van der Waals surface area contributed by atoms with Crippen molar-refractivity contribution in [2.75, 3.05) is 6.54 Å². The van der Waals surface area contributed by atoms with E-state index in [2.05, 4.69) is 4.72 Å². The second-order valence-electron chi connectivity index (χ2n) is 4.80. The highest BCUT2D eigenvalue weighted by Crippen LogP contribution is 2.13. The van der Waals surface area contributed by atoms with Crippen LogP contribution in [0.5, 0.6) is 0 Å². The summed E-state index contributed by atoms with van der Waals surface area (Å²) in [5.41, 5.74) is 0.853. The summed E-state index contributed by atoms with van der Waals surface area (Å²) in [4.78, 5) is -0.517. The SMILES string of the molecule is O=S(=O)(NCC(O)Cc1ccccc1)c1cc(F)cc(F)c1. The van der Waals surface area contributed by atoms with Gasteiger partial charge in [0, 0.05) is 12.6 Å². The number of rotatable bonds is 6. The van der Waals surface area contributed by atoms with Gasteiger partial charge in [-0.3, -0.25) is 0 Å². The van der Waals surface area contributed by atoms with Crippen molar-refractivity contribution in [2.45, 2.75) is 17.4 Å². The lowest BCUT2D eigenvalue weighted by atomic mass is 10.1. The number of hydrogen-bond acceptors (Lipinski definition) is 3. The van der Waals surface area contributed by atoms with Gasteiger partial charge in [-0.25, -0.2) is 21.9 Å². The van der Waals surface area contributed by atoms with E-state index in [0.717, 1.165) is 17.7 Å². The molecule has 2 aromatic carbocycles. The lowest BCUT2D eigenvalue weighted by molar-refractivity contribution is 0.179. The number of sulfonamides is 1. The van der Waals surface area contributed by atoms with Gasteiger partial charge in [-0.2, -0.15) is 0 Å². The molecule has 2 rings (SSSR count). The van der Waals surface area contributed by atoms with E-state index < -0.39 is 32.7 Å². The molecule has 2 N–H and O–H groups in total. The van der Waals surface area contributed by atoms with Crippen LogP contribution in [-0.2, 0) is 16.4 Å². The molecule has 0 radical (unpaired) electrons. The Morgan fingerprint density at radius 3 is 2.23 bits per heavy atom. The van der Waals surface area contributed by atoms with Gasteiger partial charge in [0.2, 0.25) is 10.0 Å². The molecule has 0 aliphatic carbocycles. The Kier molecular flexibility index (Phi) is 5.23. The van der Waals surface area contributed by atoms with E-state index in [-0.39, 0.29) is 13.0 Å². The summed E-state index contributed by atoms with van der Waals surface area (Å²) in [6, 6.07) is 11.1. The summed E-state index contributed by atoms with van der Waals surface area (Å²) < 4.78 is 52.1. The zero-order chi connectivity index (χ0) is 16.2. The van der Waals surface area contributed by atoms with Gasteiger partial charge in [0.15, 0.2) is 0 Å². The molecule has 0 bridgehead atoms. The Bertz CT molecular complexity index is 715. The second kappa shape index (κ2) is 6.95. The van der Waals surface area contributed by atoms with E-state index in [9.17, 15) is 22.3 Å². The topological polar surface area (TPSA) is 66.4 Å². The normalized spacial score (nSPS) is 13.0. The Morgan fingerprint density at radius 2 is 1.64 bits per heavy atom. The average molecular weight is 327 g/mol. The van der Waals surface area contributed by atoms with Gasteiger partial charge in [0.1, 0.15) is 11.6 Å². The predicted molar refractivity (Wildman–Crippen MR) is 77.7 cm³/mol. The first kappa shape index (κ1) is 16.5. The third kappa shape index (κ3) is 4.59. The van der Waals surface area contributed by atoms with Crippen LogP contribution >= 0.6 is 0 Å². The fourth-order valence-corrected chi connectivity index (χ4v) is 3.05. The van der Waals surface area contributed by atoms with Gasteiger partial charge in [0.25, 0.3) is 0 Å². The quantitative estimate of drug-likeness (QED) is 0.851. The highest BCUT2D eigenvalue weighted by molar-refractivity contribution is 7.89. The van der Waals surface area contributed by atoms with E-state index in [4.69, 9.17) is 0 Å². The molecule has 1 unspecified atom stereocenters. The third-order valence-electron chi connectivity index (χ3n) is 2.97. The first-order chi connectivity index (χ1) is 10.4. The van der Waals surface area contributed by atoms with Crippen molar-refractivity contribution in [2.24, 2.45) is 0 Å². The van der Waals surface area contributed by atoms with Crippen LogP contribution < -0.4 is 4.72 Å². The van der Waals surface area contributed by atoms with Crippen LogP contribution in [0.25, 0.3) is 0 Å². The van der Waals surface area contributed by atoms with Crippen molar-refractivity contribution in [3.8, 4) is 0 Å². The smallest absolute Gasteiger partial charge is 0.240 e. The minimum atomic E-state index is -4.08. The summed E-state index contributed by atoms with van der Waals surface area (Å²) in [6.07, 6.45) is -0.684. The minimum Gasteiger partial charge on any atom is -0.391 e. The molecule has 0 aliphatic rings. The van der Waals surface area contributed by atoms with Crippen LogP contribution in [0.3, 0.4) is 0 Å². The monoisotopic (exact) mass is 327 g/mol. The number of nitrogens with one attached hydrogen (secondary N) is 1. The zero-order valence-electron chi connectivity index (χ0n) is 11.5. The Morgan fingerprint density at radius 1 is 1.05 bits per heavy atom. The first-order valence-electron chi connectivity index (χ1n) is 6.54. The van der Waals surface area contributed by atoms with Gasteiger partial charge < -0.3 is 5.11 Å². The predicted octanol–water partition coefficient (Wildman–Crippen LogP) is 1.85. The van der Waals surface area contributed by atoms with Crippen LogP contribution in [0.1, 0.15) is 5.56 Å². The lowest BCUT2D eigenvalue weighted by Gasteiger charge is -2.12. The van der Waals surface area contributed by atoms with Crippen molar-refractivity contribution in [1.82, 2.24) is 4.72 Å². The molecule has 0 aromatic heterocycles. The van der Waals surface area contributed by atoms with Crippen molar-refractivity contribution in [1.29, 1.82) is 0 Å². The zero-order valence-corrected chi connectivity index (χ0v) is 12.4. The molecular weight excluding hydrogens is 312 g/mol. The summed E-state index contributed by atoms with van der Waals surface area (Å²) in [5.74, 6) is -1.96. The van der Waals surface area contributed by atoms with Crippen molar-refractivity contribution in [3.63, 3.8) is 0 Å². The van der Waals surface area contributed by atoms with Gasteiger partial charge >= 0.3 is 0 Å². The maximum absolute atomic E-state index is 13.1. The fraction of sp³-hybridized carbons (Fsp3) is 0.200. The molecule has 0 heterocycles. The van der Waals surface area contributed by atoms with E-state index in [1.165, 1.54) is 0 Å². The molecule has 0 spiro atoms. The number of benzene rings is 2. The summed E-state index contributed by atoms with van der Waals surface area (Å²) in [7, 11) is -4.08. The average Bonchev–Trinajstić information content (AvgIpc) is 2.45. The molecule has 118 valence electrons. The van der Waals surface area contributed by atoms with Gasteiger partial charge in [0.05, 0.1) is 11.0 Å². The molecule has 2 aromatic rings. The van der Waals surface area contributed by atoms with Crippen LogP contribution in [-0.4, -0.2) is 26.2 Å². The molecule has 0 aliphatic heterocycles. The number of aliphatic hydroxyl groups excluding tert-OH is 1. The molecule has 1 atom stereocenters.